The number of aryl methyl sites for hydroxylation is 7. The zero-order valence-electron chi connectivity index (χ0n) is 28.3. The number of hydrogen-bond donors (Lipinski definition) is 0. The van der Waals surface area contributed by atoms with Crippen molar-refractivity contribution >= 4 is 34.8 Å². The van der Waals surface area contributed by atoms with Gasteiger partial charge in [-0.1, -0.05) is 144 Å². The molecule has 0 heterocycles. The summed E-state index contributed by atoms with van der Waals surface area (Å²) in [4.78, 5) is 0. The molecule has 0 radical (unpaired) electrons. The molecule has 0 aliphatic carbocycles. The zero-order chi connectivity index (χ0) is 34.0. The highest BCUT2D eigenvalue weighted by Gasteiger charge is 2.23. The minimum Gasteiger partial charge on any atom is -0.202 e. The van der Waals surface area contributed by atoms with Crippen molar-refractivity contribution in [1.82, 2.24) is 0 Å². The molecule has 0 aliphatic heterocycles. The minimum absolute atomic E-state index is 0.0831. The van der Waals surface area contributed by atoms with Gasteiger partial charge >= 0.3 is 0 Å². The third kappa shape index (κ3) is 14.7. The normalized spacial score (nSPS) is 10.5. The summed E-state index contributed by atoms with van der Waals surface area (Å²) in [5.41, 5.74) is 8.82. The lowest BCUT2D eigenvalue weighted by Crippen LogP contribution is -2.06. The van der Waals surface area contributed by atoms with E-state index in [9.17, 15) is 8.78 Å². The van der Waals surface area contributed by atoms with E-state index in [1.54, 1.807) is 12.1 Å². The predicted molar refractivity (Wildman–Crippen MR) is 196 cm³/mol. The maximum atomic E-state index is 12.7. The van der Waals surface area contributed by atoms with Crippen molar-refractivity contribution in [3.05, 3.63) is 138 Å². The second-order valence-corrected chi connectivity index (χ2v) is 12.1. The molecule has 0 unspecified atom stereocenters. The van der Waals surface area contributed by atoms with E-state index in [-0.39, 0.29) is 5.56 Å². The Kier molecular flexibility index (Phi) is 19.3. The SMILES string of the molecule is CCc1cc(Cl)c(CC)cc1Cl.CCc1ccc(C(C)(F)F)cc1.CCc1ccc(CC)c(Cl)c1.CCc1ccc(CC)cc1. The molecule has 246 valence electrons. The van der Waals surface area contributed by atoms with Gasteiger partial charge in [0.05, 0.1) is 0 Å². The predicted octanol–water partition coefficient (Wildman–Crippen LogP) is 13.8. The first kappa shape index (κ1) is 40.6. The van der Waals surface area contributed by atoms with Crippen LogP contribution >= 0.6 is 34.8 Å². The van der Waals surface area contributed by atoms with Gasteiger partial charge in [-0.15, -0.1) is 0 Å². The van der Waals surface area contributed by atoms with Crippen LogP contribution in [0.3, 0.4) is 0 Å². The summed E-state index contributed by atoms with van der Waals surface area (Å²) >= 11 is 18.1. The fourth-order valence-electron chi connectivity index (χ4n) is 4.31. The highest BCUT2D eigenvalue weighted by molar-refractivity contribution is 6.34. The summed E-state index contributed by atoms with van der Waals surface area (Å²) in [5.74, 6) is -2.72. The van der Waals surface area contributed by atoms with Gasteiger partial charge in [0.1, 0.15) is 0 Å². The van der Waals surface area contributed by atoms with Crippen molar-refractivity contribution in [1.29, 1.82) is 0 Å². The van der Waals surface area contributed by atoms with Crippen LogP contribution in [0.1, 0.15) is 99.9 Å². The van der Waals surface area contributed by atoms with Crippen molar-refractivity contribution in [2.45, 2.75) is 106 Å². The zero-order valence-corrected chi connectivity index (χ0v) is 30.6. The lowest BCUT2D eigenvalue weighted by molar-refractivity contribution is 0.0174. The molecule has 0 amide bonds. The smallest absolute Gasteiger partial charge is 0.202 e. The number of hydrogen-bond acceptors (Lipinski definition) is 0. The molecular formula is C40H51Cl3F2. The van der Waals surface area contributed by atoms with Crippen molar-refractivity contribution in [3.8, 4) is 0 Å². The molecular weight excluding hydrogens is 625 g/mol. The van der Waals surface area contributed by atoms with Crippen LogP contribution in [0.15, 0.2) is 78.9 Å². The Morgan fingerprint density at radius 1 is 0.422 bits per heavy atom. The van der Waals surface area contributed by atoms with E-state index in [1.165, 1.54) is 34.4 Å². The summed E-state index contributed by atoms with van der Waals surface area (Å²) < 4.78 is 25.4. The molecule has 5 heteroatoms. The van der Waals surface area contributed by atoms with Crippen LogP contribution in [-0.4, -0.2) is 0 Å². The average molecular weight is 676 g/mol. The first-order chi connectivity index (χ1) is 21.4. The molecule has 0 aromatic heterocycles. The Hall–Kier alpha value is -2.39. The lowest BCUT2D eigenvalue weighted by Gasteiger charge is -2.10. The lowest BCUT2D eigenvalue weighted by atomic mass is 10.1. The molecule has 0 bridgehead atoms. The van der Waals surface area contributed by atoms with Crippen molar-refractivity contribution in [2.75, 3.05) is 0 Å². The third-order valence-corrected chi connectivity index (χ3v) is 8.65. The standard InChI is InChI=1S/C10H12Cl2.C10H13Cl.C10H12F2.C10H14/c1-3-7-5-10(12)8(4-2)6-9(7)11;1-3-8-5-6-9(4-2)10(11)7-8;1-3-8-4-6-9(7-5-8)10(2,11)12;1-3-9-5-7-10(4-2)8-6-9/h5-6H,3-4H2,1-2H3;5-7H,3-4H2,1-2H3;4-7H,3H2,1-2H3;5-8H,3-4H2,1-2H3. The van der Waals surface area contributed by atoms with Gasteiger partial charge in [0.25, 0.3) is 5.92 Å². The second kappa shape index (κ2) is 21.4. The van der Waals surface area contributed by atoms with Crippen LogP contribution < -0.4 is 0 Å². The first-order valence-electron chi connectivity index (χ1n) is 16.2. The largest absolute Gasteiger partial charge is 0.270 e. The van der Waals surface area contributed by atoms with E-state index >= 15 is 0 Å². The molecule has 4 rings (SSSR count). The Labute approximate surface area is 287 Å². The van der Waals surface area contributed by atoms with E-state index in [4.69, 9.17) is 34.8 Å². The third-order valence-electron chi connectivity index (χ3n) is 7.59. The number of rotatable bonds is 8. The Bertz CT molecular complexity index is 1340. The molecule has 0 aliphatic rings. The molecule has 0 saturated heterocycles. The molecule has 0 nitrogen and oxygen atoms in total. The van der Waals surface area contributed by atoms with Crippen LogP contribution in [-0.2, 0) is 50.9 Å². The Morgan fingerprint density at radius 2 is 0.733 bits per heavy atom. The molecule has 4 aromatic rings. The first-order valence-corrected chi connectivity index (χ1v) is 17.3. The van der Waals surface area contributed by atoms with Crippen molar-refractivity contribution < 1.29 is 8.78 Å². The van der Waals surface area contributed by atoms with E-state index in [0.717, 1.165) is 83.6 Å². The van der Waals surface area contributed by atoms with Gasteiger partial charge in [-0.3, -0.25) is 0 Å². The number of alkyl halides is 2. The Balaban J connectivity index is 0.000000301. The summed E-state index contributed by atoms with van der Waals surface area (Å²) in [7, 11) is 0. The van der Waals surface area contributed by atoms with Crippen LogP contribution in [0.25, 0.3) is 0 Å². The van der Waals surface area contributed by atoms with E-state index < -0.39 is 5.92 Å². The van der Waals surface area contributed by atoms with Gasteiger partial charge in [-0.05, 0) is 102 Å². The van der Waals surface area contributed by atoms with Gasteiger partial charge in [-0.25, -0.2) is 8.78 Å². The van der Waals surface area contributed by atoms with Crippen LogP contribution in [0.4, 0.5) is 8.78 Å². The maximum absolute atomic E-state index is 12.7. The van der Waals surface area contributed by atoms with E-state index in [0.29, 0.717) is 0 Å². The van der Waals surface area contributed by atoms with E-state index in [1.807, 2.05) is 19.1 Å². The van der Waals surface area contributed by atoms with Crippen molar-refractivity contribution in [2.24, 2.45) is 0 Å². The minimum atomic E-state index is -2.72. The van der Waals surface area contributed by atoms with Crippen LogP contribution in [0.2, 0.25) is 15.1 Å². The molecule has 0 N–H and O–H groups in total. The monoisotopic (exact) mass is 674 g/mol. The quantitative estimate of drug-likeness (QED) is 0.174. The molecule has 0 fully saturated rings. The average Bonchev–Trinajstić information content (AvgIpc) is 3.06. The topological polar surface area (TPSA) is 0 Å². The van der Waals surface area contributed by atoms with Gasteiger partial charge in [0.2, 0.25) is 0 Å². The number of benzene rings is 4. The Morgan fingerprint density at radius 3 is 1.02 bits per heavy atom. The fraction of sp³-hybridized carbons (Fsp3) is 0.400. The fourth-order valence-corrected chi connectivity index (χ4v) is 5.29. The summed E-state index contributed by atoms with van der Waals surface area (Å²) in [6, 6.07) is 25.5. The molecule has 0 saturated carbocycles. The van der Waals surface area contributed by atoms with Gasteiger partial charge < -0.3 is 0 Å². The van der Waals surface area contributed by atoms with Crippen LogP contribution in [0.5, 0.6) is 0 Å². The summed E-state index contributed by atoms with van der Waals surface area (Å²) in [5, 5.41) is 2.57. The van der Waals surface area contributed by atoms with Gasteiger partial charge in [-0.2, -0.15) is 0 Å². The highest BCUT2D eigenvalue weighted by Crippen LogP contribution is 2.27. The summed E-state index contributed by atoms with van der Waals surface area (Å²) in [6.07, 6.45) is 7.11. The van der Waals surface area contributed by atoms with Crippen LogP contribution in [0, 0.1) is 0 Å². The molecule has 0 spiro atoms. The van der Waals surface area contributed by atoms with Gasteiger partial charge in [0.15, 0.2) is 0 Å². The molecule has 0 atom stereocenters. The maximum Gasteiger partial charge on any atom is 0.270 e. The van der Waals surface area contributed by atoms with Gasteiger partial charge in [0, 0.05) is 27.6 Å². The van der Waals surface area contributed by atoms with Crippen molar-refractivity contribution in [3.63, 3.8) is 0 Å². The summed E-state index contributed by atoms with van der Waals surface area (Å²) in [6.45, 7) is 15.7. The highest BCUT2D eigenvalue weighted by atomic mass is 35.5. The second-order valence-electron chi connectivity index (χ2n) is 10.8. The van der Waals surface area contributed by atoms with E-state index in [2.05, 4.69) is 84.0 Å². The molecule has 45 heavy (non-hydrogen) atoms. The number of halogens is 5. The molecule has 4 aromatic carbocycles.